The Labute approximate surface area is 197 Å². The van der Waals surface area contributed by atoms with Crippen molar-refractivity contribution >= 4 is 5.97 Å². The summed E-state index contributed by atoms with van der Waals surface area (Å²) in [6.07, 6.45) is 7.07. The Hall–Kier alpha value is -1.78. The normalized spacial score (nSPS) is 43.2. The van der Waals surface area contributed by atoms with Crippen LogP contribution < -0.4 is 10.2 Å². The minimum Gasteiger partial charge on any atom is -0.462 e. The van der Waals surface area contributed by atoms with Crippen molar-refractivity contribution in [3.05, 3.63) is 27.6 Å². The molecule has 5 rings (SSSR count). The van der Waals surface area contributed by atoms with Crippen LogP contribution in [0.15, 0.2) is 15.3 Å². The van der Waals surface area contributed by atoms with E-state index in [1.165, 1.54) is 6.92 Å². The molecule has 0 amide bonds. The maximum absolute atomic E-state index is 12.8. The molecule has 5 heteroatoms. The highest BCUT2D eigenvalue weighted by Crippen LogP contribution is 2.70. The van der Waals surface area contributed by atoms with Crippen molar-refractivity contribution in [2.45, 2.75) is 105 Å². The smallest absolute Gasteiger partial charge is 0.302 e. The van der Waals surface area contributed by atoms with Crippen molar-refractivity contribution < 1.29 is 18.7 Å². The van der Waals surface area contributed by atoms with Gasteiger partial charge in [0.25, 0.3) is 5.95 Å². The molecule has 0 saturated heterocycles. The van der Waals surface area contributed by atoms with E-state index in [2.05, 4.69) is 34.6 Å². The molecule has 3 saturated carbocycles. The lowest BCUT2D eigenvalue weighted by Gasteiger charge is -2.69. The second-order valence-electron chi connectivity index (χ2n) is 12.8. The molecule has 0 bridgehead atoms. The first-order valence-corrected chi connectivity index (χ1v) is 12.8. The first-order valence-electron chi connectivity index (χ1n) is 12.8. The van der Waals surface area contributed by atoms with Gasteiger partial charge < -0.3 is 13.9 Å². The summed E-state index contributed by atoms with van der Waals surface area (Å²) in [7, 11) is 0. The lowest BCUT2D eigenvalue weighted by atomic mass is 9.37. The Balaban J connectivity index is 1.52. The van der Waals surface area contributed by atoms with E-state index in [1.54, 1.807) is 6.07 Å². The molecule has 2 heterocycles. The van der Waals surface area contributed by atoms with Gasteiger partial charge >= 0.3 is 5.97 Å². The SMILES string of the molecule is CC(=O)OC1CCC2(C)C(CCC3(C)C4Cc5c(oc(C)cc5=O)OC4(C)CCC32)C1(C)C. The molecule has 4 aliphatic rings. The largest absolute Gasteiger partial charge is 0.462 e. The summed E-state index contributed by atoms with van der Waals surface area (Å²) in [6, 6.07) is 1.60. The zero-order chi connectivity index (χ0) is 24.0. The van der Waals surface area contributed by atoms with E-state index in [0.29, 0.717) is 23.5 Å². The van der Waals surface area contributed by atoms with Gasteiger partial charge in [0.15, 0.2) is 5.43 Å². The lowest BCUT2D eigenvalue weighted by Crippen LogP contribution is -2.66. The van der Waals surface area contributed by atoms with Crippen LogP contribution >= 0.6 is 0 Å². The average Bonchev–Trinajstić information content (AvgIpc) is 2.68. The van der Waals surface area contributed by atoms with Crippen LogP contribution in [0, 0.1) is 40.9 Å². The zero-order valence-corrected chi connectivity index (χ0v) is 21.4. The summed E-state index contributed by atoms with van der Waals surface area (Å²) < 4.78 is 18.2. The molecule has 3 aliphatic carbocycles. The molecule has 1 aromatic rings. The summed E-state index contributed by atoms with van der Waals surface area (Å²) in [5.41, 5.74) is 0.690. The Morgan fingerprint density at radius 2 is 1.61 bits per heavy atom. The van der Waals surface area contributed by atoms with Crippen LogP contribution in [0.5, 0.6) is 5.95 Å². The second-order valence-corrected chi connectivity index (χ2v) is 12.8. The minimum atomic E-state index is -0.310. The fourth-order valence-electron chi connectivity index (χ4n) is 9.22. The van der Waals surface area contributed by atoms with Crippen molar-refractivity contribution in [1.29, 1.82) is 0 Å². The summed E-state index contributed by atoms with van der Waals surface area (Å²) in [6.45, 7) is 15.2. The van der Waals surface area contributed by atoms with Gasteiger partial charge in [-0.15, -0.1) is 0 Å². The molecular formula is C28H40O5. The summed E-state index contributed by atoms with van der Waals surface area (Å²) in [5.74, 6) is 2.24. The van der Waals surface area contributed by atoms with Gasteiger partial charge in [0.1, 0.15) is 17.5 Å². The number of aryl methyl sites for hydroxylation is 1. The van der Waals surface area contributed by atoms with Crippen LogP contribution in [-0.4, -0.2) is 17.7 Å². The van der Waals surface area contributed by atoms with Gasteiger partial charge in [-0.25, -0.2) is 0 Å². The molecule has 0 aromatic carbocycles. The highest BCUT2D eigenvalue weighted by Gasteiger charge is 2.67. The van der Waals surface area contributed by atoms with Gasteiger partial charge in [-0.3, -0.25) is 9.59 Å². The molecule has 7 atom stereocenters. The fourth-order valence-corrected chi connectivity index (χ4v) is 9.22. The standard InChI is InChI=1S/C28H40O5/c1-16-14-19(30)18-15-22-27(6)11-8-20-25(3,4)23(32-17(2)29)10-12-26(20,5)21(27)9-13-28(22,7)33-24(18)31-16/h14,20-23H,8-13,15H2,1-7H3. The number of fused-ring (bicyclic) bond motifs is 6. The van der Waals surface area contributed by atoms with E-state index in [0.717, 1.165) is 50.5 Å². The predicted molar refractivity (Wildman–Crippen MR) is 126 cm³/mol. The Kier molecular flexibility index (Phi) is 4.96. The van der Waals surface area contributed by atoms with Gasteiger partial charge in [0.2, 0.25) is 0 Å². The number of rotatable bonds is 1. The van der Waals surface area contributed by atoms with Crippen LogP contribution in [-0.2, 0) is 16.0 Å². The summed E-state index contributed by atoms with van der Waals surface area (Å²) in [5, 5.41) is 0. The molecule has 0 radical (unpaired) electrons. The molecule has 0 N–H and O–H groups in total. The molecule has 7 unspecified atom stereocenters. The lowest BCUT2D eigenvalue weighted by molar-refractivity contribution is -0.230. The number of esters is 1. The summed E-state index contributed by atoms with van der Waals surface area (Å²) in [4.78, 5) is 24.6. The van der Waals surface area contributed by atoms with Crippen LogP contribution in [0.25, 0.3) is 0 Å². The van der Waals surface area contributed by atoms with Crippen molar-refractivity contribution in [2.24, 2.45) is 34.0 Å². The molecule has 182 valence electrons. The molecule has 0 spiro atoms. The maximum Gasteiger partial charge on any atom is 0.302 e. The maximum atomic E-state index is 12.8. The Morgan fingerprint density at radius 1 is 0.970 bits per heavy atom. The highest BCUT2D eigenvalue weighted by atomic mass is 16.6. The second kappa shape index (κ2) is 7.11. The minimum absolute atomic E-state index is 0.0101. The topological polar surface area (TPSA) is 65.7 Å². The van der Waals surface area contributed by atoms with Gasteiger partial charge in [0.05, 0.1) is 5.56 Å². The van der Waals surface area contributed by atoms with E-state index in [-0.39, 0.29) is 45.3 Å². The van der Waals surface area contributed by atoms with Crippen molar-refractivity contribution in [2.75, 3.05) is 0 Å². The molecule has 1 aliphatic heterocycles. The highest BCUT2D eigenvalue weighted by molar-refractivity contribution is 5.66. The fraction of sp³-hybridized carbons (Fsp3) is 0.786. The number of carbonyl (C=O) groups is 1. The van der Waals surface area contributed by atoms with E-state index in [1.807, 2.05) is 6.92 Å². The Morgan fingerprint density at radius 3 is 2.30 bits per heavy atom. The van der Waals surface area contributed by atoms with Gasteiger partial charge in [-0.1, -0.05) is 27.7 Å². The molecule has 5 nitrogen and oxygen atoms in total. The van der Waals surface area contributed by atoms with E-state index in [4.69, 9.17) is 13.9 Å². The van der Waals surface area contributed by atoms with Gasteiger partial charge in [0, 0.05) is 24.3 Å². The number of hydrogen-bond donors (Lipinski definition) is 0. The van der Waals surface area contributed by atoms with Crippen LogP contribution in [0.4, 0.5) is 0 Å². The number of carbonyl (C=O) groups excluding carboxylic acids is 1. The van der Waals surface area contributed by atoms with Gasteiger partial charge in [-0.2, -0.15) is 0 Å². The quantitative estimate of drug-likeness (QED) is 0.497. The Bertz CT molecular complexity index is 1040. The number of ether oxygens (including phenoxy) is 2. The predicted octanol–water partition coefficient (Wildman–Crippen LogP) is 5.84. The zero-order valence-electron chi connectivity index (χ0n) is 21.4. The molecule has 33 heavy (non-hydrogen) atoms. The number of hydrogen-bond acceptors (Lipinski definition) is 5. The van der Waals surface area contributed by atoms with Crippen LogP contribution in [0.3, 0.4) is 0 Å². The molecular weight excluding hydrogens is 416 g/mol. The average molecular weight is 457 g/mol. The monoisotopic (exact) mass is 456 g/mol. The first kappa shape index (κ1) is 23.0. The van der Waals surface area contributed by atoms with E-state index in [9.17, 15) is 9.59 Å². The van der Waals surface area contributed by atoms with E-state index >= 15 is 0 Å². The van der Waals surface area contributed by atoms with Crippen molar-refractivity contribution in [3.8, 4) is 5.95 Å². The van der Waals surface area contributed by atoms with Crippen molar-refractivity contribution in [1.82, 2.24) is 0 Å². The molecule has 3 fully saturated rings. The first-order chi connectivity index (χ1) is 15.3. The van der Waals surface area contributed by atoms with Gasteiger partial charge in [-0.05, 0) is 81.5 Å². The van der Waals surface area contributed by atoms with Crippen LogP contribution in [0.2, 0.25) is 0 Å². The summed E-state index contributed by atoms with van der Waals surface area (Å²) >= 11 is 0. The third kappa shape index (κ3) is 3.16. The van der Waals surface area contributed by atoms with Crippen LogP contribution in [0.1, 0.15) is 91.4 Å². The third-order valence-electron chi connectivity index (χ3n) is 10.7. The van der Waals surface area contributed by atoms with E-state index < -0.39 is 0 Å². The molecule has 1 aromatic heterocycles. The van der Waals surface area contributed by atoms with Crippen molar-refractivity contribution in [3.63, 3.8) is 0 Å². The third-order valence-corrected chi connectivity index (χ3v) is 10.7.